The van der Waals surface area contributed by atoms with E-state index in [2.05, 4.69) is 9.82 Å². The molecule has 2 aromatic rings. The molecule has 28 heavy (non-hydrogen) atoms. The Bertz CT molecular complexity index is 1030. The number of sulfonamides is 1. The highest BCUT2D eigenvalue weighted by molar-refractivity contribution is 7.92. The van der Waals surface area contributed by atoms with E-state index in [1.807, 2.05) is 0 Å². The summed E-state index contributed by atoms with van der Waals surface area (Å²) in [6.45, 7) is 1.14. The van der Waals surface area contributed by atoms with Gasteiger partial charge in [-0.2, -0.15) is 13.2 Å². The summed E-state index contributed by atoms with van der Waals surface area (Å²) in [5, 5.41) is 3.90. The third-order valence-corrected chi connectivity index (χ3v) is 5.42. The molecule has 152 valence electrons. The minimum absolute atomic E-state index is 0.172. The van der Waals surface area contributed by atoms with Gasteiger partial charge in [0.15, 0.2) is 5.82 Å². The van der Waals surface area contributed by atoms with Crippen LogP contribution in [0.4, 0.5) is 23.4 Å². The molecule has 0 saturated carbocycles. The quantitative estimate of drug-likeness (QED) is 0.767. The highest BCUT2D eigenvalue weighted by Crippen LogP contribution is 2.33. The number of alkyl halides is 3. The lowest BCUT2D eigenvalue weighted by atomic mass is 9.98. The molecule has 1 N–H and O–H groups in total. The highest BCUT2D eigenvalue weighted by atomic mass is 32.2. The number of carbonyl (C=O) groups is 1. The first-order valence-electron chi connectivity index (χ1n) is 8.17. The van der Waals surface area contributed by atoms with Gasteiger partial charge in [0.25, 0.3) is 10.0 Å². The van der Waals surface area contributed by atoms with E-state index in [1.54, 1.807) is 0 Å². The summed E-state index contributed by atoms with van der Waals surface area (Å²) >= 11 is 0. The normalized spacial score (nSPS) is 14.5. The number of halogens is 4. The Hall–Kier alpha value is -2.63. The van der Waals surface area contributed by atoms with E-state index < -0.39 is 38.4 Å². The van der Waals surface area contributed by atoms with E-state index >= 15 is 0 Å². The van der Waals surface area contributed by atoms with E-state index in [-0.39, 0.29) is 11.9 Å². The summed E-state index contributed by atoms with van der Waals surface area (Å²) < 4.78 is 79.4. The van der Waals surface area contributed by atoms with Gasteiger partial charge in [0.1, 0.15) is 5.82 Å². The van der Waals surface area contributed by atoms with Crippen LogP contribution in [0.5, 0.6) is 0 Å². The SMILES string of the molecule is CC(=O)On1nc(NS(=O)(=O)c2cc(F)cc(C(F)(F)F)c2)c2c1CCCC2. The Morgan fingerprint density at radius 2 is 1.89 bits per heavy atom. The number of nitrogens with one attached hydrogen (secondary N) is 1. The number of benzene rings is 1. The van der Waals surface area contributed by atoms with Gasteiger partial charge in [-0.25, -0.2) is 17.6 Å². The van der Waals surface area contributed by atoms with Crippen LogP contribution in [0, 0.1) is 5.82 Å². The van der Waals surface area contributed by atoms with E-state index in [9.17, 15) is 30.8 Å². The van der Waals surface area contributed by atoms with Crippen molar-refractivity contribution in [3.8, 4) is 0 Å². The zero-order chi connectivity index (χ0) is 20.7. The van der Waals surface area contributed by atoms with E-state index in [1.165, 1.54) is 0 Å². The average Bonchev–Trinajstić information content (AvgIpc) is 2.90. The lowest BCUT2D eigenvalue weighted by molar-refractivity contribution is -0.143. The molecule has 0 unspecified atom stereocenters. The second-order valence-electron chi connectivity index (χ2n) is 6.22. The fraction of sp³-hybridized carbons (Fsp3) is 0.375. The van der Waals surface area contributed by atoms with Crippen molar-refractivity contribution in [2.24, 2.45) is 0 Å². The Kier molecular flexibility index (Phi) is 5.08. The number of rotatable bonds is 4. The van der Waals surface area contributed by atoms with Crippen molar-refractivity contribution in [2.75, 3.05) is 4.72 Å². The van der Waals surface area contributed by atoms with Gasteiger partial charge in [0.2, 0.25) is 0 Å². The molecule has 3 rings (SSSR count). The zero-order valence-corrected chi connectivity index (χ0v) is 15.3. The fourth-order valence-corrected chi connectivity index (χ4v) is 4.00. The number of anilines is 1. The first-order valence-corrected chi connectivity index (χ1v) is 9.66. The van der Waals surface area contributed by atoms with Gasteiger partial charge >= 0.3 is 12.1 Å². The molecule has 1 aliphatic carbocycles. The van der Waals surface area contributed by atoms with E-state index in [0.29, 0.717) is 36.2 Å². The Balaban J connectivity index is 2.01. The van der Waals surface area contributed by atoms with Crippen molar-refractivity contribution in [2.45, 2.75) is 43.7 Å². The van der Waals surface area contributed by atoms with Gasteiger partial charge in [-0.15, -0.1) is 5.10 Å². The summed E-state index contributed by atoms with van der Waals surface area (Å²) in [6.07, 6.45) is -2.50. The molecular formula is C16H15F4N3O4S. The molecular weight excluding hydrogens is 406 g/mol. The summed E-state index contributed by atoms with van der Waals surface area (Å²) in [6, 6.07) is 1.02. The predicted molar refractivity (Wildman–Crippen MR) is 88.3 cm³/mol. The van der Waals surface area contributed by atoms with Crippen LogP contribution in [-0.2, 0) is 33.8 Å². The van der Waals surface area contributed by atoms with Crippen molar-refractivity contribution in [3.63, 3.8) is 0 Å². The van der Waals surface area contributed by atoms with Crippen LogP contribution >= 0.6 is 0 Å². The smallest absolute Gasteiger partial charge is 0.319 e. The molecule has 0 radical (unpaired) electrons. The molecule has 0 saturated heterocycles. The predicted octanol–water partition coefficient (Wildman–Crippen LogP) is 2.70. The molecule has 12 heteroatoms. The highest BCUT2D eigenvalue weighted by Gasteiger charge is 2.33. The average molecular weight is 421 g/mol. The Morgan fingerprint density at radius 3 is 2.54 bits per heavy atom. The van der Waals surface area contributed by atoms with Crippen molar-refractivity contribution >= 4 is 21.8 Å². The van der Waals surface area contributed by atoms with Gasteiger partial charge in [0, 0.05) is 12.5 Å². The molecule has 0 fully saturated rings. The number of nitrogens with zero attached hydrogens (tertiary/aromatic N) is 2. The number of aromatic nitrogens is 2. The van der Waals surface area contributed by atoms with Gasteiger partial charge in [0.05, 0.1) is 16.2 Å². The van der Waals surface area contributed by atoms with E-state index in [0.717, 1.165) is 24.6 Å². The largest absolute Gasteiger partial charge is 0.416 e. The van der Waals surface area contributed by atoms with Gasteiger partial charge < -0.3 is 4.84 Å². The molecule has 1 heterocycles. The van der Waals surface area contributed by atoms with Crippen molar-refractivity contribution < 1.29 is 35.6 Å². The third kappa shape index (κ3) is 4.11. The summed E-state index contributed by atoms with van der Waals surface area (Å²) in [4.78, 5) is 16.1. The van der Waals surface area contributed by atoms with Crippen molar-refractivity contribution in [1.29, 1.82) is 0 Å². The lowest BCUT2D eigenvalue weighted by Crippen LogP contribution is -2.21. The molecule has 1 aromatic heterocycles. The minimum atomic E-state index is -4.91. The van der Waals surface area contributed by atoms with E-state index in [4.69, 9.17) is 4.84 Å². The molecule has 0 aliphatic heterocycles. The molecule has 1 aromatic carbocycles. The monoisotopic (exact) mass is 421 g/mol. The van der Waals surface area contributed by atoms with Crippen LogP contribution in [-0.4, -0.2) is 24.3 Å². The van der Waals surface area contributed by atoms with Crippen LogP contribution in [0.15, 0.2) is 23.1 Å². The Morgan fingerprint density at radius 1 is 1.21 bits per heavy atom. The van der Waals surface area contributed by atoms with Gasteiger partial charge in [-0.3, -0.25) is 4.72 Å². The first-order chi connectivity index (χ1) is 13.0. The first kappa shape index (κ1) is 20.1. The summed E-state index contributed by atoms with van der Waals surface area (Å²) in [5.74, 6) is -2.19. The zero-order valence-electron chi connectivity index (χ0n) is 14.5. The van der Waals surface area contributed by atoms with Gasteiger partial charge in [-0.05, 0) is 43.9 Å². The third-order valence-electron chi connectivity index (χ3n) is 4.10. The van der Waals surface area contributed by atoms with Crippen LogP contribution in [0.3, 0.4) is 0 Å². The molecule has 0 bridgehead atoms. The van der Waals surface area contributed by atoms with Crippen molar-refractivity contribution in [1.82, 2.24) is 9.94 Å². The molecule has 7 nitrogen and oxygen atoms in total. The van der Waals surface area contributed by atoms with Crippen LogP contribution in [0.1, 0.15) is 36.6 Å². The minimum Gasteiger partial charge on any atom is -0.319 e. The van der Waals surface area contributed by atoms with Crippen LogP contribution in [0.2, 0.25) is 0 Å². The number of hydrogen-bond acceptors (Lipinski definition) is 5. The molecule has 0 spiro atoms. The van der Waals surface area contributed by atoms with Crippen molar-refractivity contribution in [3.05, 3.63) is 40.8 Å². The fourth-order valence-electron chi connectivity index (χ4n) is 2.91. The summed E-state index contributed by atoms with van der Waals surface area (Å²) in [5.41, 5.74) is -0.460. The molecule has 0 amide bonds. The maximum absolute atomic E-state index is 13.6. The number of fused-ring (bicyclic) bond motifs is 1. The maximum Gasteiger partial charge on any atom is 0.416 e. The molecule has 1 aliphatic rings. The Labute approximate surface area is 157 Å². The standard InChI is InChI=1S/C16H15F4N3O4S/c1-9(24)27-23-14-5-3-2-4-13(14)15(21-23)22-28(25,26)12-7-10(16(18,19)20)6-11(17)8-12/h6-8H,2-5H2,1H3,(H,21,22). The maximum atomic E-state index is 13.6. The van der Waals surface area contributed by atoms with Crippen LogP contribution < -0.4 is 9.56 Å². The second-order valence-corrected chi connectivity index (χ2v) is 7.90. The second kappa shape index (κ2) is 7.08. The topological polar surface area (TPSA) is 90.3 Å². The van der Waals surface area contributed by atoms with Gasteiger partial charge in [-0.1, -0.05) is 4.85 Å². The number of carbonyl (C=O) groups excluding carboxylic acids is 1. The van der Waals surface area contributed by atoms with Crippen LogP contribution in [0.25, 0.3) is 0 Å². The lowest BCUT2D eigenvalue weighted by Gasteiger charge is -2.14. The molecule has 0 atom stereocenters. The number of hydrogen-bond donors (Lipinski definition) is 1. The summed E-state index contributed by atoms with van der Waals surface area (Å²) in [7, 11) is -4.57.